The smallest absolute Gasteiger partial charge is 0.337 e. The Balaban J connectivity index is 2.22. The van der Waals surface area contributed by atoms with Crippen molar-refractivity contribution in [2.45, 2.75) is 19.5 Å². The van der Waals surface area contributed by atoms with Crippen molar-refractivity contribution >= 4 is 28.9 Å². The number of anilines is 2. The quantitative estimate of drug-likeness (QED) is 0.736. The Labute approximate surface area is 121 Å². The summed E-state index contributed by atoms with van der Waals surface area (Å²) < 4.78 is 1.75. The van der Waals surface area contributed by atoms with Crippen molar-refractivity contribution in [3.8, 4) is 0 Å². The van der Waals surface area contributed by atoms with Gasteiger partial charge in [-0.2, -0.15) is 5.10 Å². The van der Waals surface area contributed by atoms with Crippen molar-refractivity contribution in [1.29, 1.82) is 0 Å². The fraction of sp³-hybridized carbons (Fsp3) is 0.231. The van der Waals surface area contributed by atoms with E-state index in [4.69, 9.17) is 17.3 Å². The number of hydrogen-bond donors (Lipinski definition) is 3. The van der Waals surface area contributed by atoms with Gasteiger partial charge in [-0.1, -0.05) is 11.6 Å². The minimum absolute atomic E-state index is 0.0471. The number of nitrogens with two attached hydrogens (primary N) is 1. The maximum Gasteiger partial charge on any atom is 0.337 e. The van der Waals surface area contributed by atoms with Crippen LogP contribution in [0.5, 0.6) is 0 Å². The molecule has 1 aromatic carbocycles. The molecule has 0 aliphatic carbocycles. The van der Waals surface area contributed by atoms with E-state index in [9.17, 15) is 9.90 Å². The van der Waals surface area contributed by atoms with Gasteiger partial charge in [0.25, 0.3) is 0 Å². The minimum Gasteiger partial charge on any atom is -0.478 e. The number of hydrogen-bond acceptors (Lipinski definition) is 4. The van der Waals surface area contributed by atoms with Gasteiger partial charge in [-0.3, -0.25) is 4.68 Å². The second-order valence-corrected chi connectivity index (χ2v) is 4.91. The fourth-order valence-corrected chi connectivity index (χ4v) is 2.21. The molecule has 0 bridgehead atoms. The predicted molar refractivity (Wildman–Crippen MR) is 78.1 cm³/mol. The van der Waals surface area contributed by atoms with Crippen LogP contribution in [0.25, 0.3) is 0 Å². The normalized spacial score (nSPS) is 12.1. The van der Waals surface area contributed by atoms with Crippen LogP contribution >= 0.6 is 11.6 Å². The van der Waals surface area contributed by atoms with E-state index in [1.807, 2.05) is 19.2 Å². The Morgan fingerprint density at radius 1 is 1.60 bits per heavy atom. The molecule has 1 unspecified atom stereocenters. The maximum absolute atomic E-state index is 11.3. The van der Waals surface area contributed by atoms with Crippen molar-refractivity contribution in [3.05, 3.63) is 41.2 Å². The number of carbonyl (C=O) groups is 1. The van der Waals surface area contributed by atoms with Crippen LogP contribution in [0.4, 0.5) is 11.4 Å². The van der Waals surface area contributed by atoms with Crippen molar-refractivity contribution in [1.82, 2.24) is 9.78 Å². The van der Waals surface area contributed by atoms with Crippen LogP contribution in [0.1, 0.15) is 17.3 Å². The number of nitrogens with zero attached hydrogens (tertiary/aromatic N) is 2. The van der Waals surface area contributed by atoms with E-state index in [-0.39, 0.29) is 16.6 Å². The molecular weight excluding hydrogens is 280 g/mol. The van der Waals surface area contributed by atoms with Crippen LogP contribution in [0.2, 0.25) is 5.02 Å². The Morgan fingerprint density at radius 3 is 2.95 bits per heavy atom. The molecule has 0 saturated carbocycles. The average Bonchev–Trinajstić information content (AvgIpc) is 2.84. The van der Waals surface area contributed by atoms with Gasteiger partial charge in [0.05, 0.1) is 22.8 Å². The fourth-order valence-electron chi connectivity index (χ4n) is 1.92. The zero-order chi connectivity index (χ0) is 14.7. The summed E-state index contributed by atoms with van der Waals surface area (Å²) in [6, 6.07) is 4.69. The molecule has 1 heterocycles. The summed E-state index contributed by atoms with van der Waals surface area (Å²) >= 11 is 6.08. The van der Waals surface area contributed by atoms with E-state index in [1.165, 1.54) is 12.1 Å². The van der Waals surface area contributed by atoms with E-state index in [1.54, 1.807) is 10.9 Å². The summed E-state index contributed by atoms with van der Waals surface area (Å²) in [6.07, 6.45) is 3.52. The van der Waals surface area contributed by atoms with E-state index < -0.39 is 5.97 Å². The summed E-state index contributed by atoms with van der Waals surface area (Å²) in [5.74, 6) is -1.08. The van der Waals surface area contributed by atoms with Crippen molar-refractivity contribution in [2.75, 3.05) is 11.1 Å². The van der Waals surface area contributed by atoms with Crippen LogP contribution < -0.4 is 11.1 Å². The van der Waals surface area contributed by atoms with Crippen LogP contribution in [0, 0.1) is 0 Å². The van der Waals surface area contributed by atoms with Gasteiger partial charge in [0.1, 0.15) is 0 Å². The lowest BCUT2D eigenvalue weighted by atomic mass is 10.1. The standard InChI is InChI=1S/C13H15ClN4O2/c1-8(7-18-4-2-3-16-18)17-12-10(13(19)20)5-9(15)6-11(12)14/h2-6,8,17H,7,15H2,1H3,(H,19,20). The molecule has 0 aliphatic rings. The number of aromatic nitrogens is 2. The van der Waals surface area contributed by atoms with Crippen LogP contribution in [0.3, 0.4) is 0 Å². The molecule has 7 heteroatoms. The lowest BCUT2D eigenvalue weighted by Crippen LogP contribution is -2.23. The summed E-state index contributed by atoms with van der Waals surface area (Å²) in [5, 5.41) is 16.7. The molecule has 2 aromatic rings. The van der Waals surface area contributed by atoms with Gasteiger partial charge in [-0.05, 0) is 25.1 Å². The zero-order valence-corrected chi connectivity index (χ0v) is 11.6. The molecule has 6 nitrogen and oxygen atoms in total. The highest BCUT2D eigenvalue weighted by atomic mass is 35.5. The number of aromatic carboxylic acids is 1. The monoisotopic (exact) mass is 294 g/mol. The number of carboxylic acid groups (broad SMARTS) is 1. The molecule has 106 valence electrons. The van der Waals surface area contributed by atoms with Gasteiger partial charge in [0.2, 0.25) is 0 Å². The molecule has 1 aromatic heterocycles. The highest BCUT2D eigenvalue weighted by molar-refractivity contribution is 6.34. The first-order chi connectivity index (χ1) is 9.47. The van der Waals surface area contributed by atoms with Gasteiger partial charge in [0, 0.05) is 24.1 Å². The van der Waals surface area contributed by atoms with Crippen molar-refractivity contribution in [2.24, 2.45) is 0 Å². The summed E-state index contributed by atoms with van der Waals surface area (Å²) in [5.41, 5.74) is 6.36. The number of benzene rings is 1. The van der Waals surface area contributed by atoms with E-state index >= 15 is 0 Å². The second kappa shape index (κ2) is 5.83. The number of halogens is 1. The maximum atomic E-state index is 11.3. The van der Waals surface area contributed by atoms with Gasteiger partial charge in [-0.15, -0.1) is 0 Å². The van der Waals surface area contributed by atoms with Crippen LogP contribution in [-0.2, 0) is 6.54 Å². The minimum atomic E-state index is -1.08. The molecule has 0 radical (unpaired) electrons. The van der Waals surface area contributed by atoms with Gasteiger partial charge < -0.3 is 16.2 Å². The van der Waals surface area contributed by atoms with Gasteiger partial charge in [0.15, 0.2) is 0 Å². The Hall–Kier alpha value is -2.21. The Bertz CT molecular complexity index is 613. The second-order valence-electron chi connectivity index (χ2n) is 4.50. The molecule has 0 saturated heterocycles. The SMILES string of the molecule is CC(Cn1cccn1)Nc1c(Cl)cc(N)cc1C(=O)O. The molecule has 0 aliphatic heterocycles. The predicted octanol–water partition coefficient (Wildman–Crippen LogP) is 2.32. The third kappa shape index (κ3) is 3.21. The zero-order valence-electron chi connectivity index (χ0n) is 10.9. The largest absolute Gasteiger partial charge is 0.478 e. The molecule has 0 spiro atoms. The van der Waals surface area contributed by atoms with Crippen molar-refractivity contribution in [3.63, 3.8) is 0 Å². The topological polar surface area (TPSA) is 93.2 Å². The van der Waals surface area contributed by atoms with E-state index in [0.717, 1.165) is 0 Å². The Kier molecular flexibility index (Phi) is 4.14. The first kappa shape index (κ1) is 14.2. The van der Waals surface area contributed by atoms with Crippen molar-refractivity contribution < 1.29 is 9.90 Å². The number of nitrogen functional groups attached to an aromatic ring is 1. The third-order valence-electron chi connectivity index (χ3n) is 2.75. The number of rotatable bonds is 5. The van der Waals surface area contributed by atoms with Gasteiger partial charge >= 0.3 is 5.97 Å². The summed E-state index contributed by atoms with van der Waals surface area (Å²) in [7, 11) is 0. The molecule has 2 rings (SSSR count). The van der Waals surface area contributed by atoms with E-state index in [2.05, 4.69) is 10.4 Å². The molecule has 1 atom stereocenters. The van der Waals surface area contributed by atoms with Crippen LogP contribution in [0.15, 0.2) is 30.6 Å². The third-order valence-corrected chi connectivity index (χ3v) is 3.05. The lowest BCUT2D eigenvalue weighted by molar-refractivity contribution is 0.0698. The van der Waals surface area contributed by atoms with E-state index in [0.29, 0.717) is 17.9 Å². The highest BCUT2D eigenvalue weighted by Crippen LogP contribution is 2.30. The molecule has 0 amide bonds. The summed E-state index contributed by atoms with van der Waals surface area (Å²) in [4.78, 5) is 11.3. The van der Waals surface area contributed by atoms with Crippen LogP contribution in [-0.4, -0.2) is 26.9 Å². The molecule has 20 heavy (non-hydrogen) atoms. The highest BCUT2D eigenvalue weighted by Gasteiger charge is 2.16. The average molecular weight is 295 g/mol. The number of nitrogens with one attached hydrogen (secondary N) is 1. The number of carboxylic acids is 1. The lowest BCUT2D eigenvalue weighted by Gasteiger charge is -2.18. The summed E-state index contributed by atoms with van der Waals surface area (Å²) in [6.45, 7) is 2.51. The first-order valence-corrected chi connectivity index (χ1v) is 6.41. The Morgan fingerprint density at radius 2 is 2.35 bits per heavy atom. The first-order valence-electron chi connectivity index (χ1n) is 6.03. The van der Waals surface area contributed by atoms with Gasteiger partial charge in [-0.25, -0.2) is 4.79 Å². The molecule has 0 fully saturated rings. The molecular formula is C13H15ClN4O2. The molecule has 4 N–H and O–H groups in total.